The quantitative estimate of drug-likeness (QED) is 0.598. The number of hydrazine groups is 1. The molecule has 130 valence electrons. The number of hydrogen-bond donors (Lipinski definition) is 4. The molecular formula is C16H16ClN5O3. The average molecular weight is 362 g/mol. The molecule has 8 nitrogen and oxygen atoms in total. The van der Waals surface area contributed by atoms with Crippen molar-refractivity contribution in [3.05, 3.63) is 64.9 Å². The van der Waals surface area contributed by atoms with Crippen LogP contribution >= 0.6 is 11.6 Å². The zero-order valence-electron chi connectivity index (χ0n) is 13.0. The van der Waals surface area contributed by atoms with Crippen LogP contribution in [0.3, 0.4) is 0 Å². The second kappa shape index (κ2) is 8.65. The van der Waals surface area contributed by atoms with E-state index < -0.39 is 23.9 Å². The van der Waals surface area contributed by atoms with Gasteiger partial charge < -0.3 is 11.1 Å². The lowest BCUT2D eigenvalue weighted by atomic mass is 10.0. The number of nitrogens with two attached hydrogens (primary N) is 1. The predicted octanol–water partition coefficient (Wildman–Crippen LogP) is 1.30. The van der Waals surface area contributed by atoms with Crippen LogP contribution in [0.5, 0.6) is 0 Å². The summed E-state index contributed by atoms with van der Waals surface area (Å²) in [5, 5.41) is 3.00. The fraction of sp³-hybridized carbons (Fsp3) is 0.125. The fourth-order valence-corrected chi connectivity index (χ4v) is 2.17. The Hall–Kier alpha value is -3.13. The first-order valence-corrected chi connectivity index (χ1v) is 7.65. The van der Waals surface area contributed by atoms with Gasteiger partial charge in [0.05, 0.1) is 12.5 Å². The van der Waals surface area contributed by atoms with Gasteiger partial charge in [-0.1, -0.05) is 29.8 Å². The van der Waals surface area contributed by atoms with Gasteiger partial charge in [0.15, 0.2) is 0 Å². The number of carbonyl (C=O) groups excluding carboxylic acids is 3. The lowest BCUT2D eigenvalue weighted by molar-refractivity contribution is -0.122. The van der Waals surface area contributed by atoms with Crippen molar-refractivity contribution in [3.63, 3.8) is 0 Å². The Morgan fingerprint density at radius 3 is 2.40 bits per heavy atom. The Bertz CT molecular complexity index is 752. The van der Waals surface area contributed by atoms with Crippen molar-refractivity contribution in [1.82, 2.24) is 21.2 Å². The highest BCUT2D eigenvalue weighted by molar-refractivity contribution is 6.30. The molecule has 0 aliphatic carbocycles. The summed E-state index contributed by atoms with van der Waals surface area (Å²) in [5.41, 5.74) is 10.5. The summed E-state index contributed by atoms with van der Waals surface area (Å²) in [6.45, 7) is 0. The third kappa shape index (κ3) is 5.78. The van der Waals surface area contributed by atoms with Gasteiger partial charge in [-0.25, -0.2) is 4.79 Å². The molecule has 1 heterocycles. The number of urea groups is 1. The van der Waals surface area contributed by atoms with Crippen LogP contribution in [-0.4, -0.2) is 22.8 Å². The Balaban J connectivity index is 1.96. The zero-order chi connectivity index (χ0) is 18.2. The van der Waals surface area contributed by atoms with Crippen LogP contribution < -0.4 is 21.9 Å². The van der Waals surface area contributed by atoms with Crippen LogP contribution in [0.4, 0.5) is 4.79 Å². The molecule has 0 aliphatic rings. The highest BCUT2D eigenvalue weighted by atomic mass is 35.5. The van der Waals surface area contributed by atoms with Crippen LogP contribution in [0.15, 0.2) is 48.7 Å². The minimum absolute atomic E-state index is 0.132. The van der Waals surface area contributed by atoms with Crippen LogP contribution in [0.1, 0.15) is 28.5 Å². The predicted molar refractivity (Wildman–Crippen MR) is 91.4 cm³/mol. The number of pyridine rings is 1. The molecule has 0 unspecified atom stereocenters. The summed E-state index contributed by atoms with van der Waals surface area (Å²) in [7, 11) is 0. The van der Waals surface area contributed by atoms with Crippen molar-refractivity contribution in [1.29, 1.82) is 0 Å². The number of hydrogen-bond acceptors (Lipinski definition) is 4. The molecule has 0 saturated carbocycles. The Morgan fingerprint density at radius 2 is 1.80 bits per heavy atom. The van der Waals surface area contributed by atoms with Crippen LogP contribution in [0, 0.1) is 0 Å². The van der Waals surface area contributed by atoms with Gasteiger partial charge in [-0.2, -0.15) is 0 Å². The van der Waals surface area contributed by atoms with Gasteiger partial charge in [-0.15, -0.1) is 0 Å². The molecule has 0 saturated heterocycles. The van der Waals surface area contributed by atoms with Crippen molar-refractivity contribution in [2.45, 2.75) is 12.5 Å². The molecule has 1 aromatic heterocycles. The van der Waals surface area contributed by atoms with Crippen molar-refractivity contribution in [2.75, 3.05) is 0 Å². The maximum Gasteiger partial charge on any atom is 0.312 e. The lowest BCUT2D eigenvalue weighted by Crippen LogP contribution is -2.44. The van der Waals surface area contributed by atoms with E-state index in [1.165, 1.54) is 12.3 Å². The number of halogens is 1. The first-order chi connectivity index (χ1) is 12.0. The summed E-state index contributed by atoms with van der Waals surface area (Å²) in [6.07, 6.45) is 1.33. The third-order valence-corrected chi connectivity index (χ3v) is 3.44. The molecule has 0 aliphatic heterocycles. The summed E-state index contributed by atoms with van der Waals surface area (Å²) < 4.78 is 0. The van der Waals surface area contributed by atoms with Gasteiger partial charge in [0, 0.05) is 11.2 Å². The second-order valence-corrected chi connectivity index (χ2v) is 5.47. The molecule has 25 heavy (non-hydrogen) atoms. The normalized spacial score (nSPS) is 11.2. The number of nitrogens with zero attached hydrogens (tertiary/aromatic N) is 1. The molecule has 2 rings (SSSR count). The number of primary amides is 1. The minimum atomic E-state index is -0.773. The van der Waals surface area contributed by atoms with E-state index in [9.17, 15) is 14.4 Å². The molecule has 1 atom stereocenters. The fourth-order valence-electron chi connectivity index (χ4n) is 2.04. The Morgan fingerprint density at radius 1 is 1.08 bits per heavy atom. The molecule has 1 aromatic carbocycles. The SMILES string of the molecule is NC(=O)N[C@@H](CC(=O)NNC(=O)c1ccccn1)c1ccc(Cl)cc1. The largest absolute Gasteiger partial charge is 0.352 e. The molecular weight excluding hydrogens is 346 g/mol. The summed E-state index contributed by atoms with van der Waals surface area (Å²) >= 11 is 5.83. The number of aromatic nitrogens is 1. The van der Waals surface area contributed by atoms with E-state index in [0.717, 1.165) is 0 Å². The maximum absolute atomic E-state index is 12.0. The first-order valence-electron chi connectivity index (χ1n) is 7.27. The smallest absolute Gasteiger partial charge is 0.312 e. The average Bonchev–Trinajstić information content (AvgIpc) is 2.60. The van der Waals surface area contributed by atoms with Crippen LogP contribution in [0.25, 0.3) is 0 Å². The van der Waals surface area contributed by atoms with E-state index in [0.29, 0.717) is 10.6 Å². The van der Waals surface area contributed by atoms with Crippen molar-refractivity contribution >= 4 is 29.4 Å². The van der Waals surface area contributed by atoms with Gasteiger partial charge in [0.25, 0.3) is 5.91 Å². The molecule has 0 fully saturated rings. The Labute approximate surface area is 148 Å². The molecule has 2 aromatic rings. The third-order valence-electron chi connectivity index (χ3n) is 3.19. The van der Waals surface area contributed by atoms with E-state index in [1.54, 1.807) is 36.4 Å². The topological polar surface area (TPSA) is 126 Å². The molecule has 5 N–H and O–H groups in total. The monoisotopic (exact) mass is 361 g/mol. The van der Waals surface area contributed by atoms with Gasteiger partial charge in [0.1, 0.15) is 5.69 Å². The zero-order valence-corrected chi connectivity index (χ0v) is 13.8. The maximum atomic E-state index is 12.0. The van der Waals surface area contributed by atoms with Gasteiger partial charge in [0.2, 0.25) is 5.91 Å². The molecule has 0 spiro atoms. The highest BCUT2D eigenvalue weighted by Crippen LogP contribution is 2.19. The molecule has 0 radical (unpaired) electrons. The van der Waals surface area contributed by atoms with Crippen molar-refractivity contribution in [2.24, 2.45) is 5.73 Å². The minimum Gasteiger partial charge on any atom is -0.352 e. The van der Waals surface area contributed by atoms with Crippen LogP contribution in [0.2, 0.25) is 5.02 Å². The molecule has 0 bridgehead atoms. The summed E-state index contributed by atoms with van der Waals surface area (Å²) in [4.78, 5) is 38.9. The van der Waals surface area contributed by atoms with Gasteiger partial charge in [-0.05, 0) is 29.8 Å². The second-order valence-electron chi connectivity index (χ2n) is 5.03. The number of carbonyl (C=O) groups is 3. The van der Waals surface area contributed by atoms with E-state index in [1.807, 2.05) is 0 Å². The standard InChI is InChI=1S/C16H16ClN5O3/c17-11-6-4-10(5-7-11)13(20-16(18)25)9-14(23)21-22-15(24)12-3-1-2-8-19-12/h1-8,13H,9H2,(H,21,23)(H,22,24)(H3,18,20,25)/t13-/m0/s1. The van der Waals surface area contributed by atoms with Crippen molar-refractivity contribution < 1.29 is 14.4 Å². The van der Waals surface area contributed by atoms with E-state index in [4.69, 9.17) is 17.3 Å². The summed E-state index contributed by atoms with van der Waals surface area (Å²) in [6, 6.07) is 9.99. The van der Waals surface area contributed by atoms with Crippen molar-refractivity contribution in [3.8, 4) is 0 Å². The number of nitrogens with one attached hydrogen (secondary N) is 3. The van der Waals surface area contributed by atoms with E-state index >= 15 is 0 Å². The molecule has 9 heteroatoms. The van der Waals surface area contributed by atoms with Gasteiger partial charge in [-0.3, -0.25) is 25.4 Å². The van der Waals surface area contributed by atoms with E-state index in [2.05, 4.69) is 21.2 Å². The lowest BCUT2D eigenvalue weighted by Gasteiger charge is -2.18. The highest BCUT2D eigenvalue weighted by Gasteiger charge is 2.18. The molecule has 4 amide bonds. The number of rotatable bonds is 5. The van der Waals surface area contributed by atoms with E-state index in [-0.39, 0.29) is 12.1 Å². The van der Waals surface area contributed by atoms with Crippen LogP contribution in [-0.2, 0) is 4.79 Å². The number of benzene rings is 1. The summed E-state index contributed by atoms with van der Waals surface area (Å²) in [5.74, 6) is -1.07. The Kier molecular flexibility index (Phi) is 6.30. The van der Waals surface area contributed by atoms with Gasteiger partial charge >= 0.3 is 6.03 Å². The number of amides is 4. The first kappa shape index (κ1) is 18.2.